The number of hydrogen-bond donors (Lipinski definition) is 1. The van der Waals surface area contributed by atoms with Crippen LogP contribution in [0.4, 0.5) is 5.95 Å². The molecule has 0 unspecified atom stereocenters. The molecule has 3 heterocycles. The van der Waals surface area contributed by atoms with E-state index in [1.165, 1.54) is 21.0 Å². The van der Waals surface area contributed by atoms with Gasteiger partial charge in [0.25, 0.3) is 0 Å². The Kier molecular flexibility index (Phi) is 6.20. The number of nitrogens with zero attached hydrogens (tertiary/aromatic N) is 4. The maximum absolute atomic E-state index is 12.8. The molecule has 2 aromatic heterocycles. The molecule has 11 heteroatoms. The fraction of sp³-hybridized carbons (Fsp3) is 0.375. The van der Waals surface area contributed by atoms with Crippen molar-refractivity contribution in [3.63, 3.8) is 0 Å². The number of anilines is 1. The average molecular weight is 498 g/mol. The van der Waals surface area contributed by atoms with Crippen LogP contribution >= 0.6 is 0 Å². The summed E-state index contributed by atoms with van der Waals surface area (Å²) in [6, 6.07) is 12.1. The van der Waals surface area contributed by atoms with Gasteiger partial charge in [-0.1, -0.05) is 19.1 Å². The van der Waals surface area contributed by atoms with Crippen molar-refractivity contribution < 1.29 is 17.6 Å². The van der Waals surface area contributed by atoms with Crippen LogP contribution in [0.5, 0.6) is 0 Å². The first-order chi connectivity index (χ1) is 16.9. The molecule has 1 amide bonds. The minimum absolute atomic E-state index is 0.0255. The molecular formula is C24H27N5O5S. The van der Waals surface area contributed by atoms with E-state index in [2.05, 4.69) is 17.2 Å². The van der Waals surface area contributed by atoms with Crippen LogP contribution in [-0.2, 0) is 27.9 Å². The zero-order valence-electron chi connectivity index (χ0n) is 19.4. The van der Waals surface area contributed by atoms with E-state index in [-0.39, 0.29) is 29.4 Å². The highest BCUT2D eigenvalue weighted by Gasteiger charge is 2.28. The van der Waals surface area contributed by atoms with Crippen LogP contribution < -0.4 is 11.1 Å². The second kappa shape index (κ2) is 9.31. The fourth-order valence-electron chi connectivity index (χ4n) is 4.52. The molecule has 1 aliphatic rings. The Hall–Kier alpha value is -3.44. The second-order valence-corrected chi connectivity index (χ2v) is 10.6. The van der Waals surface area contributed by atoms with Crippen LogP contribution in [0.2, 0.25) is 0 Å². The number of oxazole rings is 1. The fourth-order valence-corrected chi connectivity index (χ4v) is 6.05. The molecule has 35 heavy (non-hydrogen) atoms. The second-order valence-electron chi connectivity index (χ2n) is 8.63. The molecule has 184 valence electrons. The predicted octanol–water partition coefficient (Wildman–Crippen LogP) is 3.17. The number of carbonyl (C=O) groups is 1. The number of imidazole rings is 1. The monoisotopic (exact) mass is 497 g/mol. The normalized spacial score (nSPS) is 14.8. The molecule has 5 rings (SSSR count). The first kappa shape index (κ1) is 23.3. The lowest BCUT2D eigenvalue weighted by Crippen LogP contribution is -2.27. The predicted molar refractivity (Wildman–Crippen MR) is 132 cm³/mol. The van der Waals surface area contributed by atoms with Gasteiger partial charge < -0.3 is 8.98 Å². The molecule has 4 aromatic rings. The smallest absolute Gasteiger partial charge is 0.408 e. The Bertz CT molecular complexity index is 1560. The van der Waals surface area contributed by atoms with E-state index < -0.39 is 15.8 Å². The Morgan fingerprint density at radius 2 is 1.83 bits per heavy atom. The summed E-state index contributed by atoms with van der Waals surface area (Å²) in [6.45, 7) is 3.84. The Labute approximate surface area is 202 Å². The first-order valence-electron chi connectivity index (χ1n) is 11.8. The Morgan fingerprint density at radius 1 is 1.06 bits per heavy atom. The van der Waals surface area contributed by atoms with Gasteiger partial charge in [0, 0.05) is 38.7 Å². The zero-order valence-corrected chi connectivity index (χ0v) is 20.3. The molecule has 0 saturated carbocycles. The summed E-state index contributed by atoms with van der Waals surface area (Å²) in [6.07, 6.45) is 2.58. The van der Waals surface area contributed by atoms with E-state index in [4.69, 9.17) is 4.42 Å². The number of rotatable bonds is 8. The van der Waals surface area contributed by atoms with Gasteiger partial charge in [-0.25, -0.2) is 18.2 Å². The van der Waals surface area contributed by atoms with Gasteiger partial charge in [0.15, 0.2) is 5.58 Å². The van der Waals surface area contributed by atoms with Gasteiger partial charge in [-0.2, -0.15) is 4.31 Å². The molecule has 0 bridgehead atoms. The van der Waals surface area contributed by atoms with Gasteiger partial charge in [0.1, 0.15) is 0 Å². The molecule has 1 fully saturated rings. The van der Waals surface area contributed by atoms with Gasteiger partial charge in [-0.05, 0) is 43.5 Å². The van der Waals surface area contributed by atoms with E-state index >= 15 is 0 Å². The number of benzene rings is 2. The van der Waals surface area contributed by atoms with Crippen molar-refractivity contribution in [3.8, 4) is 0 Å². The van der Waals surface area contributed by atoms with Crippen molar-refractivity contribution in [2.45, 2.75) is 50.6 Å². The molecule has 10 nitrogen and oxygen atoms in total. The maximum atomic E-state index is 12.8. The van der Waals surface area contributed by atoms with Crippen LogP contribution in [0.1, 0.15) is 32.6 Å². The number of carbonyl (C=O) groups excluding carboxylic acids is 1. The number of amides is 1. The minimum Gasteiger partial charge on any atom is -0.408 e. The number of sulfonamides is 1. The average Bonchev–Trinajstić information content (AvgIpc) is 3.56. The van der Waals surface area contributed by atoms with Crippen molar-refractivity contribution in [1.82, 2.24) is 18.4 Å². The highest BCUT2D eigenvalue weighted by Crippen LogP contribution is 2.25. The SMILES string of the molecule is CCCn1c(NC(=O)CCn2c(=O)oc3cc(S(=O)(=O)N4CCCC4)ccc32)nc2ccccc21. The molecular weight excluding hydrogens is 470 g/mol. The molecule has 1 aliphatic heterocycles. The summed E-state index contributed by atoms with van der Waals surface area (Å²) in [7, 11) is -3.63. The summed E-state index contributed by atoms with van der Waals surface area (Å²) in [5, 5.41) is 2.86. The molecule has 0 radical (unpaired) electrons. The molecule has 2 aromatic carbocycles. The van der Waals surface area contributed by atoms with Crippen LogP contribution in [0, 0.1) is 0 Å². The van der Waals surface area contributed by atoms with Crippen molar-refractivity contribution in [2.24, 2.45) is 0 Å². The Morgan fingerprint density at radius 3 is 2.60 bits per heavy atom. The van der Waals surface area contributed by atoms with E-state index in [0.717, 1.165) is 30.3 Å². The third kappa shape index (κ3) is 4.37. The molecule has 1 N–H and O–H groups in total. The summed E-state index contributed by atoms with van der Waals surface area (Å²) in [4.78, 5) is 29.8. The van der Waals surface area contributed by atoms with E-state index in [9.17, 15) is 18.0 Å². The highest BCUT2D eigenvalue weighted by atomic mass is 32.2. The number of hydrogen-bond acceptors (Lipinski definition) is 6. The lowest BCUT2D eigenvalue weighted by molar-refractivity contribution is -0.116. The van der Waals surface area contributed by atoms with Crippen molar-refractivity contribution in [1.29, 1.82) is 0 Å². The number of aryl methyl sites for hydroxylation is 2. The number of fused-ring (bicyclic) bond motifs is 2. The first-order valence-corrected chi connectivity index (χ1v) is 13.2. The standard InChI is InChI=1S/C24H27N5O5S/c1-2-12-28-19-8-4-3-7-18(19)25-23(28)26-22(30)11-15-29-20-10-9-17(16-21(20)34-24(29)31)35(32,33)27-13-5-6-14-27/h3-4,7-10,16H,2,5-6,11-15H2,1H3,(H,25,26,30). The van der Waals surface area contributed by atoms with Gasteiger partial charge in [-0.15, -0.1) is 0 Å². The van der Waals surface area contributed by atoms with E-state index in [1.807, 2.05) is 28.8 Å². The van der Waals surface area contributed by atoms with Crippen LogP contribution in [0.3, 0.4) is 0 Å². The van der Waals surface area contributed by atoms with Crippen molar-refractivity contribution in [3.05, 3.63) is 53.0 Å². The number of para-hydroxylation sites is 2. The molecule has 0 atom stereocenters. The lowest BCUT2D eigenvalue weighted by Gasteiger charge is -2.15. The van der Waals surface area contributed by atoms with Gasteiger partial charge in [-0.3, -0.25) is 14.7 Å². The minimum atomic E-state index is -3.63. The van der Waals surface area contributed by atoms with Crippen LogP contribution in [0.15, 0.2) is 56.6 Å². The van der Waals surface area contributed by atoms with Crippen molar-refractivity contribution in [2.75, 3.05) is 18.4 Å². The largest absolute Gasteiger partial charge is 0.419 e. The summed E-state index contributed by atoms with van der Waals surface area (Å²) < 4.78 is 35.7. The third-order valence-electron chi connectivity index (χ3n) is 6.26. The van der Waals surface area contributed by atoms with E-state index in [1.54, 1.807) is 6.07 Å². The van der Waals surface area contributed by atoms with Gasteiger partial charge >= 0.3 is 5.76 Å². The Balaban J connectivity index is 1.33. The summed E-state index contributed by atoms with van der Waals surface area (Å²) >= 11 is 0. The summed E-state index contributed by atoms with van der Waals surface area (Å²) in [5.41, 5.74) is 2.37. The lowest BCUT2D eigenvalue weighted by atomic mass is 10.3. The van der Waals surface area contributed by atoms with Crippen LogP contribution in [0.25, 0.3) is 22.1 Å². The van der Waals surface area contributed by atoms with Gasteiger partial charge in [0.2, 0.25) is 21.9 Å². The highest BCUT2D eigenvalue weighted by molar-refractivity contribution is 7.89. The molecule has 0 spiro atoms. The topological polar surface area (TPSA) is 119 Å². The summed E-state index contributed by atoms with van der Waals surface area (Å²) in [5.74, 6) is -0.451. The maximum Gasteiger partial charge on any atom is 0.419 e. The number of nitrogens with one attached hydrogen (secondary N) is 1. The van der Waals surface area contributed by atoms with Crippen molar-refractivity contribution >= 4 is 44.0 Å². The van der Waals surface area contributed by atoms with Gasteiger partial charge in [0.05, 0.1) is 21.4 Å². The quantitative estimate of drug-likeness (QED) is 0.399. The third-order valence-corrected chi connectivity index (χ3v) is 8.15. The van der Waals surface area contributed by atoms with Crippen LogP contribution in [-0.4, -0.2) is 45.8 Å². The molecule has 1 saturated heterocycles. The zero-order chi connectivity index (χ0) is 24.6. The van der Waals surface area contributed by atoms with E-state index in [0.29, 0.717) is 31.1 Å². The number of aromatic nitrogens is 3. The molecule has 0 aliphatic carbocycles.